The summed E-state index contributed by atoms with van der Waals surface area (Å²) in [5.74, 6) is 0. The predicted molar refractivity (Wildman–Crippen MR) is 74.5 cm³/mol. The lowest BCUT2D eigenvalue weighted by molar-refractivity contribution is 0.651. The Morgan fingerprint density at radius 2 is 1.89 bits per heavy atom. The van der Waals surface area contributed by atoms with E-state index in [0.717, 1.165) is 33.2 Å². The summed E-state index contributed by atoms with van der Waals surface area (Å²) in [6.45, 7) is 4.02. The smallest absolute Gasteiger partial charge is 0.227 e. The zero-order chi connectivity index (χ0) is 12.7. The number of rotatable bonds is 1. The van der Waals surface area contributed by atoms with E-state index in [9.17, 15) is 0 Å². The highest BCUT2D eigenvalue weighted by atomic mass is 16.3. The molecule has 0 radical (unpaired) electrons. The Morgan fingerprint density at radius 1 is 1.11 bits per heavy atom. The fourth-order valence-electron chi connectivity index (χ4n) is 2.22. The molecule has 0 bridgehead atoms. The lowest BCUT2D eigenvalue weighted by atomic mass is 10.1. The van der Waals surface area contributed by atoms with Crippen LogP contribution in [0.1, 0.15) is 16.8 Å². The number of fused-ring (bicyclic) bond motifs is 3. The third-order valence-electron chi connectivity index (χ3n) is 3.16. The minimum Gasteiger partial charge on any atom is -0.437 e. The van der Waals surface area contributed by atoms with Crippen molar-refractivity contribution >= 4 is 28.3 Å². The minimum atomic E-state index is 0.696. The summed E-state index contributed by atoms with van der Waals surface area (Å²) in [5, 5.41) is 2.15. The van der Waals surface area contributed by atoms with Gasteiger partial charge in [-0.25, -0.2) is 4.98 Å². The van der Waals surface area contributed by atoms with Crippen LogP contribution in [0.4, 0.5) is 0 Å². The van der Waals surface area contributed by atoms with Gasteiger partial charge >= 0.3 is 0 Å². The van der Waals surface area contributed by atoms with Gasteiger partial charge in [0, 0.05) is 35.3 Å². The SMILES string of the molecule is CN=Cc1c(C)ccc2c1oc1nc(C)ccc12. The largest absolute Gasteiger partial charge is 0.437 e. The van der Waals surface area contributed by atoms with Crippen LogP contribution in [-0.4, -0.2) is 18.2 Å². The van der Waals surface area contributed by atoms with Crippen LogP contribution in [0, 0.1) is 13.8 Å². The van der Waals surface area contributed by atoms with Gasteiger partial charge in [0.2, 0.25) is 5.71 Å². The molecular formula is C15H14N2O. The zero-order valence-electron chi connectivity index (χ0n) is 10.7. The summed E-state index contributed by atoms with van der Waals surface area (Å²) >= 11 is 0. The molecule has 0 atom stereocenters. The van der Waals surface area contributed by atoms with E-state index in [2.05, 4.69) is 35.1 Å². The van der Waals surface area contributed by atoms with Gasteiger partial charge in [0.05, 0.1) is 0 Å². The van der Waals surface area contributed by atoms with Crippen molar-refractivity contribution < 1.29 is 4.42 Å². The lowest BCUT2D eigenvalue weighted by Crippen LogP contribution is -1.87. The van der Waals surface area contributed by atoms with Crippen LogP contribution in [0.3, 0.4) is 0 Å². The number of benzene rings is 1. The molecule has 2 heterocycles. The van der Waals surface area contributed by atoms with E-state index in [4.69, 9.17) is 4.42 Å². The molecule has 0 N–H and O–H groups in total. The third kappa shape index (κ3) is 1.51. The number of aromatic nitrogens is 1. The first-order valence-electron chi connectivity index (χ1n) is 5.92. The van der Waals surface area contributed by atoms with E-state index in [1.165, 1.54) is 0 Å². The maximum Gasteiger partial charge on any atom is 0.227 e. The van der Waals surface area contributed by atoms with Crippen molar-refractivity contribution in [1.29, 1.82) is 0 Å². The van der Waals surface area contributed by atoms with E-state index in [0.29, 0.717) is 5.71 Å². The number of aliphatic imine (C=N–C) groups is 1. The first-order valence-corrected chi connectivity index (χ1v) is 5.92. The van der Waals surface area contributed by atoms with Gasteiger partial charge in [-0.1, -0.05) is 12.1 Å². The van der Waals surface area contributed by atoms with Gasteiger partial charge in [-0.05, 0) is 31.5 Å². The summed E-state index contributed by atoms with van der Waals surface area (Å²) in [4.78, 5) is 8.53. The van der Waals surface area contributed by atoms with Gasteiger partial charge in [0.15, 0.2) is 0 Å². The Balaban J connectivity index is 2.48. The van der Waals surface area contributed by atoms with Crippen LogP contribution < -0.4 is 0 Å². The van der Waals surface area contributed by atoms with E-state index in [-0.39, 0.29) is 0 Å². The molecule has 3 rings (SSSR count). The molecule has 0 fully saturated rings. The van der Waals surface area contributed by atoms with Gasteiger partial charge in [-0.2, -0.15) is 0 Å². The van der Waals surface area contributed by atoms with Crippen molar-refractivity contribution in [2.24, 2.45) is 4.99 Å². The topological polar surface area (TPSA) is 38.4 Å². The standard InChI is InChI=1S/C15H14N2O/c1-9-4-6-11-12-7-5-10(2)17-15(12)18-14(11)13(9)8-16-3/h4-8H,1-3H3. The number of aryl methyl sites for hydroxylation is 2. The molecule has 0 aliphatic carbocycles. The van der Waals surface area contributed by atoms with E-state index >= 15 is 0 Å². The fraction of sp³-hybridized carbons (Fsp3) is 0.200. The third-order valence-corrected chi connectivity index (χ3v) is 3.16. The second kappa shape index (κ2) is 3.95. The van der Waals surface area contributed by atoms with Gasteiger partial charge in [0.1, 0.15) is 5.58 Å². The Kier molecular flexibility index (Phi) is 2.40. The number of hydrogen-bond acceptors (Lipinski definition) is 3. The van der Waals surface area contributed by atoms with E-state index in [1.807, 2.05) is 19.2 Å². The van der Waals surface area contributed by atoms with Crippen LogP contribution >= 0.6 is 0 Å². The molecule has 0 aliphatic heterocycles. The lowest BCUT2D eigenvalue weighted by Gasteiger charge is -1.99. The van der Waals surface area contributed by atoms with Gasteiger partial charge in [-0.15, -0.1) is 0 Å². The summed E-state index contributed by atoms with van der Waals surface area (Å²) in [7, 11) is 1.77. The second-order valence-corrected chi connectivity index (χ2v) is 4.47. The number of pyridine rings is 1. The molecule has 3 aromatic rings. The highest BCUT2D eigenvalue weighted by Gasteiger charge is 2.12. The molecule has 90 valence electrons. The monoisotopic (exact) mass is 238 g/mol. The van der Waals surface area contributed by atoms with E-state index < -0.39 is 0 Å². The molecule has 3 nitrogen and oxygen atoms in total. The van der Waals surface area contributed by atoms with Crippen molar-refractivity contribution in [3.05, 3.63) is 41.1 Å². The van der Waals surface area contributed by atoms with Crippen molar-refractivity contribution in [2.45, 2.75) is 13.8 Å². The first-order chi connectivity index (χ1) is 8.70. The Bertz CT molecular complexity index is 769. The summed E-state index contributed by atoms with van der Waals surface area (Å²) < 4.78 is 5.90. The fourth-order valence-corrected chi connectivity index (χ4v) is 2.22. The summed E-state index contributed by atoms with van der Waals surface area (Å²) in [6, 6.07) is 8.24. The molecule has 3 heteroatoms. The number of furan rings is 1. The molecule has 0 saturated carbocycles. The molecule has 1 aromatic carbocycles. The van der Waals surface area contributed by atoms with Crippen LogP contribution in [-0.2, 0) is 0 Å². The second-order valence-electron chi connectivity index (χ2n) is 4.47. The highest BCUT2D eigenvalue weighted by Crippen LogP contribution is 2.30. The van der Waals surface area contributed by atoms with Crippen molar-refractivity contribution in [1.82, 2.24) is 4.98 Å². The summed E-state index contributed by atoms with van der Waals surface area (Å²) in [6.07, 6.45) is 1.84. The maximum absolute atomic E-state index is 5.90. The Hall–Kier alpha value is -2.16. The van der Waals surface area contributed by atoms with Crippen LogP contribution in [0.25, 0.3) is 22.1 Å². The molecule has 0 amide bonds. The normalized spacial score (nSPS) is 11.9. The predicted octanol–water partition coefficient (Wildman–Crippen LogP) is 3.65. The summed E-state index contributed by atoms with van der Waals surface area (Å²) in [5.41, 5.74) is 4.72. The average molecular weight is 238 g/mol. The minimum absolute atomic E-state index is 0.696. The average Bonchev–Trinajstić information content (AvgIpc) is 2.70. The molecule has 0 unspecified atom stereocenters. The van der Waals surface area contributed by atoms with Crippen molar-refractivity contribution in [3.8, 4) is 0 Å². The molecule has 0 aliphatic rings. The first kappa shape index (κ1) is 11.0. The number of nitrogens with zero attached hydrogens (tertiary/aromatic N) is 2. The maximum atomic E-state index is 5.90. The number of hydrogen-bond donors (Lipinski definition) is 0. The van der Waals surface area contributed by atoms with Crippen LogP contribution in [0.15, 0.2) is 33.7 Å². The zero-order valence-corrected chi connectivity index (χ0v) is 10.7. The Labute approximate surface area is 105 Å². The molecule has 2 aromatic heterocycles. The molecule has 0 saturated heterocycles. The molecule has 18 heavy (non-hydrogen) atoms. The van der Waals surface area contributed by atoms with Gasteiger partial charge in [0.25, 0.3) is 0 Å². The quantitative estimate of drug-likeness (QED) is 0.607. The van der Waals surface area contributed by atoms with E-state index in [1.54, 1.807) is 7.05 Å². The van der Waals surface area contributed by atoms with Crippen molar-refractivity contribution in [3.63, 3.8) is 0 Å². The Morgan fingerprint density at radius 3 is 2.67 bits per heavy atom. The highest BCUT2D eigenvalue weighted by molar-refractivity contribution is 6.09. The van der Waals surface area contributed by atoms with Crippen molar-refractivity contribution in [2.75, 3.05) is 7.05 Å². The van der Waals surface area contributed by atoms with Crippen LogP contribution in [0.2, 0.25) is 0 Å². The van der Waals surface area contributed by atoms with Gasteiger partial charge < -0.3 is 4.42 Å². The molecule has 0 spiro atoms. The van der Waals surface area contributed by atoms with Crippen LogP contribution in [0.5, 0.6) is 0 Å². The van der Waals surface area contributed by atoms with Gasteiger partial charge in [-0.3, -0.25) is 4.99 Å². The molecular weight excluding hydrogens is 224 g/mol.